The zero-order valence-electron chi connectivity index (χ0n) is 34.6. The summed E-state index contributed by atoms with van der Waals surface area (Å²) >= 11 is 7.05. The SMILES string of the molecule is Cc1c(Nc2nc(C(F)F)nc3cc(CN4CC[C@](C)(O)C4)cnc23)cccc1-c1cccc(NC(=O)c2nc3c(n2C)CCN(CCC24CCC(C(=O)O)(CC2)C4)C3)c1Cl. The molecular formula is C45H50ClF2N9O4. The van der Waals surface area contributed by atoms with Gasteiger partial charge in [0.25, 0.3) is 12.3 Å². The molecule has 1 amide bonds. The first-order chi connectivity index (χ1) is 29.1. The Morgan fingerprint density at radius 1 is 0.984 bits per heavy atom. The van der Waals surface area contributed by atoms with Crippen molar-refractivity contribution in [2.45, 2.75) is 90.3 Å². The molecule has 5 aromatic rings. The predicted octanol–water partition coefficient (Wildman–Crippen LogP) is 8.06. The number of hydrogen-bond acceptors (Lipinski definition) is 10. The number of alkyl halides is 2. The molecule has 9 rings (SSSR count). The highest BCUT2D eigenvalue weighted by Crippen LogP contribution is 2.63. The van der Waals surface area contributed by atoms with Crippen LogP contribution in [0.1, 0.15) is 97.3 Å². The second kappa shape index (κ2) is 15.7. The third-order valence-corrected chi connectivity index (χ3v) is 14.2. The molecule has 2 aliphatic heterocycles. The fourth-order valence-corrected chi connectivity index (χ4v) is 10.6. The van der Waals surface area contributed by atoms with Gasteiger partial charge in [-0.25, -0.2) is 23.7 Å². The van der Waals surface area contributed by atoms with Gasteiger partial charge in [-0.05, 0) is 106 Å². The number of carbonyl (C=O) groups is 2. The van der Waals surface area contributed by atoms with Crippen molar-refractivity contribution in [2.24, 2.45) is 17.9 Å². The fraction of sp³-hybridized carbons (Fsp3) is 0.467. The zero-order valence-corrected chi connectivity index (χ0v) is 35.3. The molecule has 13 nitrogen and oxygen atoms in total. The molecule has 5 heterocycles. The minimum atomic E-state index is -2.91. The van der Waals surface area contributed by atoms with Gasteiger partial charge in [0.05, 0.1) is 32.9 Å². The highest BCUT2D eigenvalue weighted by Gasteiger charge is 2.57. The van der Waals surface area contributed by atoms with Crippen molar-refractivity contribution < 1.29 is 28.6 Å². The van der Waals surface area contributed by atoms with Crippen molar-refractivity contribution in [2.75, 3.05) is 36.8 Å². The van der Waals surface area contributed by atoms with Gasteiger partial charge < -0.3 is 25.4 Å². The number of benzene rings is 2. The van der Waals surface area contributed by atoms with Crippen LogP contribution in [0.15, 0.2) is 48.7 Å². The molecule has 4 N–H and O–H groups in total. The monoisotopic (exact) mass is 853 g/mol. The highest BCUT2D eigenvalue weighted by molar-refractivity contribution is 6.36. The second-order valence-corrected chi connectivity index (χ2v) is 18.4. The molecule has 2 bridgehead atoms. The summed E-state index contributed by atoms with van der Waals surface area (Å²) in [5.41, 5.74) is 5.32. The highest BCUT2D eigenvalue weighted by atomic mass is 35.5. The van der Waals surface area contributed by atoms with E-state index in [1.807, 2.05) is 48.9 Å². The van der Waals surface area contributed by atoms with Gasteiger partial charge in [0.15, 0.2) is 17.5 Å². The summed E-state index contributed by atoms with van der Waals surface area (Å²) in [5, 5.41) is 26.8. The van der Waals surface area contributed by atoms with E-state index in [1.165, 1.54) is 0 Å². The molecule has 3 aromatic heterocycles. The van der Waals surface area contributed by atoms with Gasteiger partial charge >= 0.3 is 5.97 Å². The van der Waals surface area contributed by atoms with E-state index in [9.17, 15) is 28.6 Å². The first-order valence-electron chi connectivity index (χ1n) is 21.0. The number of amides is 1. The van der Waals surface area contributed by atoms with Crippen molar-refractivity contribution in [1.82, 2.24) is 34.3 Å². The number of carboxylic acids is 1. The molecule has 3 fully saturated rings. The van der Waals surface area contributed by atoms with Crippen molar-refractivity contribution in [1.29, 1.82) is 0 Å². The molecule has 0 spiro atoms. The normalized spacial score (nSPS) is 23.9. The van der Waals surface area contributed by atoms with E-state index in [1.54, 1.807) is 25.3 Å². The first-order valence-corrected chi connectivity index (χ1v) is 21.4. The van der Waals surface area contributed by atoms with Crippen LogP contribution in [0.3, 0.4) is 0 Å². The second-order valence-electron chi connectivity index (χ2n) is 18.1. The molecule has 4 aliphatic rings. The predicted molar refractivity (Wildman–Crippen MR) is 228 cm³/mol. The van der Waals surface area contributed by atoms with E-state index in [0.29, 0.717) is 60.1 Å². The van der Waals surface area contributed by atoms with E-state index in [-0.39, 0.29) is 28.5 Å². The number of aliphatic hydroxyl groups is 1. The van der Waals surface area contributed by atoms with E-state index < -0.39 is 29.2 Å². The maximum atomic E-state index is 14.1. The number of nitrogens with zero attached hydrogens (tertiary/aromatic N) is 7. The Bertz CT molecular complexity index is 2560. The number of carbonyl (C=O) groups excluding carboxylic acids is 1. The molecule has 1 atom stereocenters. The molecule has 16 heteroatoms. The Morgan fingerprint density at radius 3 is 2.44 bits per heavy atom. The molecule has 0 unspecified atom stereocenters. The lowest BCUT2D eigenvalue weighted by atomic mass is 9.80. The van der Waals surface area contributed by atoms with Crippen molar-refractivity contribution >= 4 is 51.7 Å². The minimum absolute atomic E-state index is 0.117. The summed E-state index contributed by atoms with van der Waals surface area (Å²) in [6, 6.07) is 12.7. The van der Waals surface area contributed by atoms with Gasteiger partial charge in [0, 0.05) is 69.3 Å². The maximum absolute atomic E-state index is 14.1. The Balaban J connectivity index is 0.906. The summed E-state index contributed by atoms with van der Waals surface area (Å²) in [4.78, 5) is 48.0. The summed E-state index contributed by atoms with van der Waals surface area (Å²) < 4.78 is 30.1. The molecule has 1 saturated heterocycles. The van der Waals surface area contributed by atoms with E-state index in [2.05, 4.69) is 35.4 Å². The van der Waals surface area contributed by atoms with Gasteiger partial charge in [-0.2, -0.15) is 0 Å². The number of rotatable bonds is 12. The van der Waals surface area contributed by atoms with Crippen LogP contribution in [-0.2, 0) is 31.4 Å². The topological polar surface area (TPSA) is 162 Å². The zero-order chi connectivity index (χ0) is 42.8. The molecule has 2 saturated carbocycles. The van der Waals surface area contributed by atoms with E-state index in [4.69, 9.17) is 16.6 Å². The van der Waals surface area contributed by atoms with Gasteiger partial charge in [-0.1, -0.05) is 35.9 Å². The number of likely N-dealkylation sites (tertiary alicyclic amines) is 1. The van der Waals surface area contributed by atoms with Crippen LogP contribution in [0.25, 0.3) is 22.2 Å². The first kappa shape index (κ1) is 41.3. The number of halogens is 3. The summed E-state index contributed by atoms with van der Waals surface area (Å²) in [7, 11) is 1.86. The molecule has 2 aliphatic carbocycles. The Kier molecular flexibility index (Phi) is 10.6. The fourth-order valence-electron chi connectivity index (χ4n) is 10.3. The quantitative estimate of drug-likeness (QED) is 0.0961. The van der Waals surface area contributed by atoms with Crippen LogP contribution < -0.4 is 10.6 Å². The average molecular weight is 854 g/mol. The van der Waals surface area contributed by atoms with E-state index >= 15 is 0 Å². The Labute approximate surface area is 357 Å². The smallest absolute Gasteiger partial charge is 0.309 e. The van der Waals surface area contributed by atoms with Crippen LogP contribution in [-0.4, -0.2) is 88.2 Å². The summed E-state index contributed by atoms with van der Waals surface area (Å²) in [6.07, 6.45) is 5.46. The van der Waals surface area contributed by atoms with Crippen molar-refractivity contribution in [3.63, 3.8) is 0 Å². The lowest BCUT2D eigenvalue weighted by Gasteiger charge is -2.32. The van der Waals surface area contributed by atoms with Crippen LogP contribution in [0.2, 0.25) is 5.02 Å². The number of fused-ring (bicyclic) bond motifs is 4. The molecule has 320 valence electrons. The number of aliphatic carboxylic acids is 1. The molecule has 2 aromatic carbocycles. The standard InChI is InChI=1S/C45H50ClF2N9O4/c1-26-28(6-4-8-30(26)50-38-36-32(51-39(54-38)37(47)48)20-27(21-49-36)22-57-18-15-43(2,61)25-57)29-7-5-9-31(35(29)46)53-41(58)40-52-33-23-56(17-10-34(33)55(40)3)19-16-44-11-13-45(24-44,14-12-44)42(59)60/h4-9,20-21,37,61H,10-19,22-25H2,1-3H3,(H,53,58)(H,59,60)(H,50,51,54)/t43-,44?,45?/m0/s1. The Morgan fingerprint density at radius 2 is 1.74 bits per heavy atom. The summed E-state index contributed by atoms with van der Waals surface area (Å²) in [5.74, 6) is -1.22. The number of anilines is 3. The van der Waals surface area contributed by atoms with Crippen LogP contribution in [0.4, 0.5) is 26.0 Å². The average Bonchev–Trinajstić information content (AvgIpc) is 3.99. The summed E-state index contributed by atoms with van der Waals surface area (Å²) in [6.45, 7) is 7.76. The number of imidazole rings is 1. The minimum Gasteiger partial charge on any atom is -0.481 e. The van der Waals surface area contributed by atoms with Crippen molar-refractivity contribution in [3.8, 4) is 11.1 Å². The largest absolute Gasteiger partial charge is 0.481 e. The number of nitrogens with one attached hydrogen (secondary N) is 2. The lowest BCUT2D eigenvalue weighted by molar-refractivity contribution is -0.148. The third kappa shape index (κ3) is 7.85. The molecular weight excluding hydrogens is 804 g/mol. The number of aromatic nitrogens is 5. The van der Waals surface area contributed by atoms with Crippen LogP contribution >= 0.6 is 11.6 Å². The van der Waals surface area contributed by atoms with Gasteiger partial charge in [-0.15, -0.1) is 0 Å². The van der Waals surface area contributed by atoms with Crippen LogP contribution in [0, 0.1) is 17.8 Å². The van der Waals surface area contributed by atoms with Crippen molar-refractivity contribution in [3.05, 3.63) is 87.8 Å². The molecule has 61 heavy (non-hydrogen) atoms. The number of β-amino-alcohol motifs (C(OH)–C–C–N with tert-alkyl or cyclic N) is 1. The third-order valence-electron chi connectivity index (χ3n) is 13.8. The van der Waals surface area contributed by atoms with Crippen LogP contribution in [0.5, 0.6) is 0 Å². The maximum Gasteiger partial charge on any atom is 0.309 e. The lowest BCUT2D eigenvalue weighted by Crippen LogP contribution is -2.34. The number of carboxylic acid groups (broad SMARTS) is 1. The Hall–Kier alpha value is -5.09. The van der Waals surface area contributed by atoms with Gasteiger partial charge in [0.2, 0.25) is 0 Å². The number of pyridine rings is 1. The molecule has 0 radical (unpaired) electrons. The van der Waals surface area contributed by atoms with E-state index in [0.717, 1.165) is 86.1 Å². The van der Waals surface area contributed by atoms with Gasteiger partial charge in [-0.3, -0.25) is 24.4 Å². The van der Waals surface area contributed by atoms with Gasteiger partial charge in [0.1, 0.15) is 5.52 Å². The number of hydrogen-bond donors (Lipinski definition) is 4.